The Hall–Kier alpha value is -3.37. The molecule has 0 saturated carbocycles. The second-order valence-corrected chi connectivity index (χ2v) is 8.72. The number of aryl methyl sites for hydroxylation is 1. The average molecular weight is 449 g/mol. The number of carbonyl (C=O) groups excluding carboxylic acids is 1. The molecular weight excluding hydrogens is 420 g/mol. The summed E-state index contributed by atoms with van der Waals surface area (Å²) in [5.41, 5.74) is 4.49. The van der Waals surface area contributed by atoms with E-state index >= 15 is 0 Å². The van der Waals surface area contributed by atoms with E-state index in [0.717, 1.165) is 66.8 Å². The number of aromatic nitrogens is 5. The van der Waals surface area contributed by atoms with Gasteiger partial charge in [0.15, 0.2) is 0 Å². The predicted molar refractivity (Wildman–Crippen MR) is 124 cm³/mol. The zero-order valence-electron chi connectivity index (χ0n) is 19.1. The standard InChI is InChI=1S/C23H28N8O2/c1-14-8-22(28-23(25-14)16-4-7-33-13-16)27-19-10-21(26-15(2)32)24-11-18(19)20-9-17-12-30(3)5-6-31(17)29-20/h8-11,16H,4-7,12-13H2,1-3H3,(H2,24,25,26,27,28,32). The van der Waals surface area contributed by atoms with Crippen LogP contribution in [0.3, 0.4) is 0 Å². The van der Waals surface area contributed by atoms with E-state index in [1.165, 1.54) is 6.92 Å². The second-order valence-electron chi connectivity index (χ2n) is 8.72. The minimum Gasteiger partial charge on any atom is -0.381 e. The Bertz CT molecular complexity index is 1190. The lowest BCUT2D eigenvalue weighted by atomic mass is 10.1. The predicted octanol–water partition coefficient (Wildman–Crippen LogP) is 2.69. The Morgan fingerprint density at radius 2 is 2.06 bits per heavy atom. The van der Waals surface area contributed by atoms with Crippen LogP contribution in [0.15, 0.2) is 24.4 Å². The van der Waals surface area contributed by atoms with Crippen molar-refractivity contribution >= 4 is 23.2 Å². The maximum Gasteiger partial charge on any atom is 0.222 e. The molecule has 0 radical (unpaired) electrons. The molecule has 2 aliphatic heterocycles. The molecule has 1 amide bonds. The van der Waals surface area contributed by atoms with Gasteiger partial charge in [0.2, 0.25) is 5.91 Å². The Kier molecular flexibility index (Phi) is 5.77. The molecule has 1 unspecified atom stereocenters. The summed E-state index contributed by atoms with van der Waals surface area (Å²) >= 11 is 0. The van der Waals surface area contributed by atoms with Crippen LogP contribution in [0, 0.1) is 6.92 Å². The lowest BCUT2D eigenvalue weighted by molar-refractivity contribution is -0.114. The van der Waals surface area contributed by atoms with Gasteiger partial charge in [-0.2, -0.15) is 5.10 Å². The van der Waals surface area contributed by atoms with Crippen molar-refractivity contribution in [3.05, 3.63) is 41.6 Å². The van der Waals surface area contributed by atoms with Gasteiger partial charge in [0.25, 0.3) is 0 Å². The van der Waals surface area contributed by atoms with Crippen molar-refractivity contribution in [2.75, 3.05) is 37.4 Å². The van der Waals surface area contributed by atoms with Crippen LogP contribution in [-0.2, 0) is 22.6 Å². The molecule has 172 valence electrons. The Labute approximate surface area is 192 Å². The van der Waals surface area contributed by atoms with Crippen LogP contribution in [0.25, 0.3) is 11.3 Å². The molecular formula is C23H28N8O2. The zero-order chi connectivity index (χ0) is 22.9. The van der Waals surface area contributed by atoms with Crippen molar-refractivity contribution in [3.8, 4) is 11.3 Å². The molecule has 0 aliphatic carbocycles. The SMILES string of the molecule is CC(=O)Nc1cc(Nc2cc(C)nc(C3CCOC3)n2)c(-c2cc3n(n2)CCN(C)C3)cn1. The minimum atomic E-state index is -0.178. The molecule has 33 heavy (non-hydrogen) atoms. The van der Waals surface area contributed by atoms with E-state index in [2.05, 4.69) is 38.6 Å². The number of carbonyl (C=O) groups is 1. The van der Waals surface area contributed by atoms with Crippen molar-refractivity contribution in [2.45, 2.75) is 39.3 Å². The maximum absolute atomic E-state index is 11.6. The highest BCUT2D eigenvalue weighted by atomic mass is 16.5. The molecule has 5 rings (SSSR count). The quantitative estimate of drug-likeness (QED) is 0.613. The molecule has 5 heterocycles. The molecule has 0 aromatic carbocycles. The molecule has 0 spiro atoms. The highest BCUT2D eigenvalue weighted by molar-refractivity contribution is 5.89. The van der Waals surface area contributed by atoms with Gasteiger partial charge >= 0.3 is 0 Å². The first kappa shape index (κ1) is 21.5. The molecule has 0 bridgehead atoms. The fourth-order valence-corrected chi connectivity index (χ4v) is 4.25. The molecule has 3 aromatic rings. The lowest BCUT2D eigenvalue weighted by Gasteiger charge is -2.22. The van der Waals surface area contributed by atoms with Crippen LogP contribution in [-0.4, -0.2) is 62.3 Å². The van der Waals surface area contributed by atoms with E-state index < -0.39 is 0 Å². The van der Waals surface area contributed by atoms with Crippen LogP contribution >= 0.6 is 0 Å². The Morgan fingerprint density at radius 3 is 2.85 bits per heavy atom. The Morgan fingerprint density at radius 1 is 1.18 bits per heavy atom. The number of likely N-dealkylation sites (N-methyl/N-ethyl adjacent to an activating group) is 1. The smallest absolute Gasteiger partial charge is 0.222 e. The number of fused-ring (bicyclic) bond motifs is 1. The topological polar surface area (TPSA) is 110 Å². The number of nitrogens with one attached hydrogen (secondary N) is 2. The number of ether oxygens (including phenoxy) is 1. The number of pyridine rings is 1. The number of nitrogens with zero attached hydrogens (tertiary/aromatic N) is 6. The number of amides is 1. The van der Waals surface area contributed by atoms with Crippen molar-refractivity contribution in [3.63, 3.8) is 0 Å². The first-order valence-electron chi connectivity index (χ1n) is 11.2. The average Bonchev–Trinajstić information content (AvgIpc) is 3.43. The third-order valence-corrected chi connectivity index (χ3v) is 5.90. The summed E-state index contributed by atoms with van der Waals surface area (Å²) in [5, 5.41) is 11.0. The van der Waals surface area contributed by atoms with Gasteiger partial charge in [0, 0.05) is 62.1 Å². The Balaban J connectivity index is 1.52. The van der Waals surface area contributed by atoms with E-state index in [4.69, 9.17) is 14.8 Å². The van der Waals surface area contributed by atoms with Gasteiger partial charge in [-0.25, -0.2) is 15.0 Å². The molecule has 1 fully saturated rings. The van der Waals surface area contributed by atoms with Gasteiger partial charge in [-0.3, -0.25) is 14.4 Å². The van der Waals surface area contributed by atoms with Crippen LogP contribution in [0.5, 0.6) is 0 Å². The zero-order valence-corrected chi connectivity index (χ0v) is 19.1. The minimum absolute atomic E-state index is 0.178. The van der Waals surface area contributed by atoms with Crippen LogP contribution in [0.2, 0.25) is 0 Å². The maximum atomic E-state index is 11.6. The summed E-state index contributed by atoms with van der Waals surface area (Å²) in [6, 6.07) is 5.83. The molecule has 1 saturated heterocycles. The van der Waals surface area contributed by atoms with Crippen LogP contribution in [0.4, 0.5) is 17.3 Å². The van der Waals surface area contributed by atoms with Crippen LogP contribution in [0.1, 0.15) is 36.5 Å². The molecule has 10 heteroatoms. The van der Waals surface area contributed by atoms with Gasteiger partial charge in [0.05, 0.1) is 30.2 Å². The highest BCUT2D eigenvalue weighted by Crippen LogP contribution is 2.32. The van der Waals surface area contributed by atoms with Gasteiger partial charge < -0.3 is 15.4 Å². The van der Waals surface area contributed by atoms with Gasteiger partial charge in [0.1, 0.15) is 17.5 Å². The third kappa shape index (κ3) is 4.71. The van der Waals surface area contributed by atoms with E-state index in [1.807, 2.05) is 23.7 Å². The largest absolute Gasteiger partial charge is 0.381 e. The first-order chi connectivity index (χ1) is 15.9. The first-order valence-corrected chi connectivity index (χ1v) is 11.2. The second kappa shape index (κ2) is 8.87. The number of rotatable bonds is 5. The van der Waals surface area contributed by atoms with E-state index in [9.17, 15) is 4.79 Å². The van der Waals surface area contributed by atoms with E-state index in [0.29, 0.717) is 18.2 Å². The van der Waals surface area contributed by atoms with E-state index in [-0.39, 0.29) is 11.8 Å². The normalized spacial score (nSPS) is 18.2. The molecule has 3 aromatic heterocycles. The number of hydrogen-bond donors (Lipinski definition) is 2. The fraction of sp³-hybridized carbons (Fsp3) is 0.435. The summed E-state index contributed by atoms with van der Waals surface area (Å²) in [6.07, 6.45) is 2.66. The highest BCUT2D eigenvalue weighted by Gasteiger charge is 2.22. The van der Waals surface area contributed by atoms with Crippen molar-refractivity contribution in [2.24, 2.45) is 0 Å². The van der Waals surface area contributed by atoms with Crippen LogP contribution < -0.4 is 10.6 Å². The summed E-state index contributed by atoms with van der Waals surface area (Å²) in [6.45, 7) is 7.47. The summed E-state index contributed by atoms with van der Waals surface area (Å²) in [5.74, 6) is 1.97. The summed E-state index contributed by atoms with van der Waals surface area (Å²) < 4.78 is 7.57. The number of anilines is 3. The fourth-order valence-electron chi connectivity index (χ4n) is 4.25. The van der Waals surface area contributed by atoms with Gasteiger partial charge in [-0.1, -0.05) is 0 Å². The van der Waals surface area contributed by atoms with Gasteiger partial charge in [-0.15, -0.1) is 0 Å². The third-order valence-electron chi connectivity index (χ3n) is 5.90. The summed E-state index contributed by atoms with van der Waals surface area (Å²) in [7, 11) is 2.11. The van der Waals surface area contributed by atoms with Crippen molar-refractivity contribution in [1.29, 1.82) is 0 Å². The lowest BCUT2D eigenvalue weighted by Crippen LogP contribution is -2.30. The van der Waals surface area contributed by atoms with Crippen molar-refractivity contribution in [1.82, 2.24) is 29.6 Å². The van der Waals surface area contributed by atoms with E-state index in [1.54, 1.807) is 6.20 Å². The van der Waals surface area contributed by atoms with Gasteiger partial charge in [-0.05, 0) is 26.5 Å². The monoisotopic (exact) mass is 448 g/mol. The molecule has 10 nitrogen and oxygen atoms in total. The summed E-state index contributed by atoms with van der Waals surface area (Å²) in [4.78, 5) is 27.7. The molecule has 2 N–H and O–H groups in total. The molecule has 2 aliphatic rings. The molecule has 1 atom stereocenters. The van der Waals surface area contributed by atoms with Crippen molar-refractivity contribution < 1.29 is 9.53 Å². The number of hydrogen-bond acceptors (Lipinski definition) is 8.